The Bertz CT molecular complexity index is 460. The van der Waals surface area contributed by atoms with E-state index in [9.17, 15) is 9.59 Å². The molecule has 0 saturated heterocycles. The molecule has 0 aromatic heterocycles. The van der Waals surface area contributed by atoms with Gasteiger partial charge in [-0.3, -0.25) is 0 Å². The summed E-state index contributed by atoms with van der Waals surface area (Å²) >= 11 is 0. The molecule has 0 amide bonds. The van der Waals surface area contributed by atoms with Crippen molar-refractivity contribution in [2.75, 3.05) is 14.2 Å². The Balaban J connectivity index is 3.06. The van der Waals surface area contributed by atoms with E-state index in [0.717, 1.165) is 11.1 Å². The van der Waals surface area contributed by atoms with Gasteiger partial charge in [-0.1, -0.05) is 12.1 Å². The summed E-state index contributed by atoms with van der Waals surface area (Å²) in [5.41, 5.74) is 2.03. The van der Waals surface area contributed by atoms with E-state index in [1.165, 1.54) is 20.3 Å². The Morgan fingerprint density at radius 3 is 2.47 bits per heavy atom. The monoisotopic (exact) mass is 234 g/mol. The first-order valence-electron chi connectivity index (χ1n) is 5.04. The molecule has 90 valence electrons. The Kier molecular flexibility index (Phi) is 4.46. The van der Waals surface area contributed by atoms with Crippen molar-refractivity contribution < 1.29 is 19.1 Å². The molecule has 1 rings (SSSR count). The number of carbonyl (C=O) groups is 2. The molecule has 0 atom stereocenters. The highest BCUT2D eigenvalue weighted by atomic mass is 16.5. The molecular formula is C13H14O4. The molecule has 0 fully saturated rings. The SMILES string of the molecule is COC(=O)C=Cc1cccc(C(=O)OC)c1C. The van der Waals surface area contributed by atoms with E-state index in [1.54, 1.807) is 31.2 Å². The van der Waals surface area contributed by atoms with E-state index in [-0.39, 0.29) is 0 Å². The van der Waals surface area contributed by atoms with Crippen LogP contribution < -0.4 is 0 Å². The highest BCUT2D eigenvalue weighted by molar-refractivity contribution is 5.93. The quantitative estimate of drug-likeness (QED) is 0.592. The van der Waals surface area contributed by atoms with Gasteiger partial charge in [-0.15, -0.1) is 0 Å². The number of hydrogen-bond acceptors (Lipinski definition) is 4. The molecule has 0 bridgehead atoms. The van der Waals surface area contributed by atoms with Crippen molar-refractivity contribution in [1.29, 1.82) is 0 Å². The zero-order valence-corrected chi connectivity index (χ0v) is 10.0. The summed E-state index contributed by atoms with van der Waals surface area (Å²) in [4.78, 5) is 22.4. The maximum atomic E-state index is 11.4. The Morgan fingerprint density at radius 2 is 1.88 bits per heavy atom. The fraction of sp³-hybridized carbons (Fsp3) is 0.231. The van der Waals surface area contributed by atoms with E-state index >= 15 is 0 Å². The van der Waals surface area contributed by atoms with Gasteiger partial charge < -0.3 is 9.47 Å². The second kappa shape index (κ2) is 5.84. The summed E-state index contributed by atoms with van der Waals surface area (Å²) < 4.78 is 9.16. The van der Waals surface area contributed by atoms with E-state index < -0.39 is 11.9 Å². The van der Waals surface area contributed by atoms with Crippen LogP contribution in [0.2, 0.25) is 0 Å². The van der Waals surface area contributed by atoms with Gasteiger partial charge in [0.2, 0.25) is 0 Å². The molecule has 4 nitrogen and oxygen atoms in total. The van der Waals surface area contributed by atoms with E-state index in [2.05, 4.69) is 9.47 Å². The lowest BCUT2D eigenvalue weighted by Crippen LogP contribution is -2.04. The third kappa shape index (κ3) is 3.17. The number of methoxy groups -OCH3 is 2. The number of hydrogen-bond donors (Lipinski definition) is 0. The van der Waals surface area contributed by atoms with Crippen molar-refractivity contribution in [3.63, 3.8) is 0 Å². The van der Waals surface area contributed by atoms with Gasteiger partial charge in [-0.25, -0.2) is 9.59 Å². The number of carbonyl (C=O) groups excluding carboxylic acids is 2. The van der Waals surface area contributed by atoms with Crippen LogP contribution in [-0.2, 0) is 14.3 Å². The molecule has 0 radical (unpaired) electrons. The van der Waals surface area contributed by atoms with Gasteiger partial charge in [0.05, 0.1) is 19.8 Å². The maximum Gasteiger partial charge on any atom is 0.338 e. The van der Waals surface area contributed by atoms with Crippen LogP contribution in [0, 0.1) is 6.92 Å². The van der Waals surface area contributed by atoms with Crippen molar-refractivity contribution in [3.05, 3.63) is 41.0 Å². The molecule has 0 N–H and O–H groups in total. The minimum Gasteiger partial charge on any atom is -0.466 e. The Hall–Kier alpha value is -2.10. The molecule has 0 saturated carbocycles. The van der Waals surface area contributed by atoms with Crippen molar-refractivity contribution in [1.82, 2.24) is 0 Å². The molecule has 0 aliphatic carbocycles. The average Bonchev–Trinajstić information content (AvgIpc) is 2.36. The largest absolute Gasteiger partial charge is 0.466 e. The number of esters is 2. The lowest BCUT2D eigenvalue weighted by molar-refractivity contribution is -0.134. The van der Waals surface area contributed by atoms with Crippen LogP contribution in [0.25, 0.3) is 6.08 Å². The van der Waals surface area contributed by atoms with Gasteiger partial charge in [0.1, 0.15) is 0 Å². The lowest BCUT2D eigenvalue weighted by Gasteiger charge is -2.06. The molecule has 0 unspecified atom stereocenters. The minimum absolute atomic E-state index is 0.393. The van der Waals surface area contributed by atoms with Crippen LogP contribution in [0.5, 0.6) is 0 Å². The van der Waals surface area contributed by atoms with Gasteiger partial charge in [0.25, 0.3) is 0 Å². The normalized spacial score (nSPS) is 10.3. The first kappa shape index (κ1) is 13.0. The van der Waals surface area contributed by atoms with Gasteiger partial charge in [-0.05, 0) is 30.2 Å². The van der Waals surface area contributed by atoms with Crippen LogP contribution in [0.4, 0.5) is 0 Å². The summed E-state index contributed by atoms with van der Waals surface area (Å²) in [6.45, 7) is 1.79. The molecule has 0 aliphatic heterocycles. The predicted octanol–water partition coefficient (Wildman–Crippen LogP) is 1.97. The van der Waals surface area contributed by atoms with Gasteiger partial charge in [-0.2, -0.15) is 0 Å². The summed E-state index contributed by atoms with van der Waals surface area (Å²) in [6.07, 6.45) is 2.91. The summed E-state index contributed by atoms with van der Waals surface area (Å²) in [7, 11) is 2.64. The van der Waals surface area contributed by atoms with Gasteiger partial charge in [0.15, 0.2) is 0 Å². The lowest BCUT2D eigenvalue weighted by atomic mass is 10.0. The molecule has 1 aromatic carbocycles. The Labute approximate surface area is 99.8 Å². The van der Waals surface area contributed by atoms with E-state index in [4.69, 9.17) is 0 Å². The topological polar surface area (TPSA) is 52.6 Å². The molecule has 4 heteroatoms. The van der Waals surface area contributed by atoms with Crippen LogP contribution >= 0.6 is 0 Å². The second-order valence-corrected chi connectivity index (χ2v) is 3.37. The molecular weight excluding hydrogens is 220 g/mol. The standard InChI is InChI=1S/C13H14O4/c1-9-10(7-8-12(14)16-2)5-4-6-11(9)13(15)17-3/h4-8H,1-3H3. The molecule has 0 spiro atoms. The fourth-order valence-electron chi connectivity index (χ4n) is 1.39. The predicted molar refractivity (Wildman–Crippen MR) is 63.6 cm³/mol. The molecule has 17 heavy (non-hydrogen) atoms. The summed E-state index contributed by atoms with van der Waals surface area (Å²) in [5, 5.41) is 0. The van der Waals surface area contributed by atoms with Gasteiger partial charge >= 0.3 is 11.9 Å². The fourth-order valence-corrected chi connectivity index (χ4v) is 1.39. The van der Waals surface area contributed by atoms with Gasteiger partial charge in [0, 0.05) is 6.08 Å². The third-order valence-electron chi connectivity index (χ3n) is 2.38. The van der Waals surface area contributed by atoms with Crippen molar-refractivity contribution in [2.45, 2.75) is 6.92 Å². The third-order valence-corrected chi connectivity index (χ3v) is 2.38. The molecule has 1 aromatic rings. The number of rotatable bonds is 3. The number of benzene rings is 1. The van der Waals surface area contributed by atoms with Crippen LogP contribution in [-0.4, -0.2) is 26.2 Å². The second-order valence-electron chi connectivity index (χ2n) is 3.37. The van der Waals surface area contributed by atoms with Crippen LogP contribution in [0.15, 0.2) is 24.3 Å². The highest BCUT2D eigenvalue weighted by Crippen LogP contribution is 2.16. The summed E-state index contributed by atoms with van der Waals surface area (Å²) in [5.74, 6) is -0.830. The van der Waals surface area contributed by atoms with Crippen molar-refractivity contribution in [2.24, 2.45) is 0 Å². The molecule has 0 aliphatic rings. The van der Waals surface area contributed by atoms with E-state index in [0.29, 0.717) is 5.56 Å². The Morgan fingerprint density at radius 1 is 1.18 bits per heavy atom. The minimum atomic E-state index is -0.437. The first-order chi connectivity index (χ1) is 8.10. The maximum absolute atomic E-state index is 11.4. The average molecular weight is 234 g/mol. The first-order valence-corrected chi connectivity index (χ1v) is 5.04. The van der Waals surface area contributed by atoms with Crippen molar-refractivity contribution >= 4 is 18.0 Å². The zero-order valence-electron chi connectivity index (χ0n) is 10.0. The summed E-state index contributed by atoms with van der Waals surface area (Å²) in [6, 6.07) is 5.22. The molecule has 0 heterocycles. The zero-order chi connectivity index (χ0) is 12.8. The van der Waals surface area contributed by atoms with E-state index in [1.807, 2.05) is 0 Å². The number of ether oxygens (including phenoxy) is 2. The highest BCUT2D eigenvalue weighted by Gasteiger charge is 2.10. The smallest absolute Gasteiger partial charge is 0.338 e. The van der Waals surface area contributed by atoms with Crippen LogP contribution in [0.1, 0.15) is 21.5 Å². The van der Waals surface area contributed by atoms with Crippen LogP contribution in [0.3, 0.4) is 0 Å². The van der Waals surface area contributed by atoms with Crippen molar-refractivity contribution in [3.8, 4) is 0 Å².